The van der Waals surface area contributed by atoms with Crippen molar-refractivity contribution in [3.05, 3.63) is 36.3 Å². The number of aromatic nitrogens is 2. The molecule has 19 heavy (non-hydrogen) atoms. The Hall–Kier alpha value is -1.48. The van der Waals surface area contributed by atoms with Crippen molar-refractivity contribution in [3.63, 3.8) is 0 Å². The molecule has 1 heterocycles. The van der Waals surface area contributed by atoms with Crippen LogP contribution in [0, 0.1) is 6.92 Å². The lowest BCUT2D eigenvalue weighted by Crippen LogP contribution is -2.26. The summed E-state index contributed by atoms with van der Waals surface area (Å²) in [6.07, 6.45) is 8.97. The molecule has 0 bridgehead atoms. The van der Waals surface area contributed by atoms with Crippen molar-refractivity contribution in [1.82, 2.24) is 15.3 Å². The number of nitrogens with zero attached hydrogens (tertiary/aromatic N) is 2. The summed E-state index contributed by atoms with van der Waals surface area (Å²) in [5, 5.41) is 4.40. The Morgan fingerprint density at radius 1 is 1.11 bits per heavy atom. The van der Waals surface area contributed by atoms with E-state index in [1.54, 1.807) is 0 Å². The van der Waals surface area contributed by atoms with E-state index < -0.39 is 0 Å². The van der Waals surface area contributed by atoms with Crippen LogP contribution in [0.25, 0.3) is 10.9 Å². The minimum atomic E-state index is 0.823. The van der Waals surface area contributed by atoms with Crippen LogP contribution in [0.1, 0.15) is 37.9 Å². The predicted octanol–water partition coefficient (Wildman–Crippen LogP) is 3.48. The number of nitrogens with one attached hydrogen (secondary N) is 1. The molecule has 0 aliphatic heterocycles. The number of fused-ring (bicyclic) bond motifs is 1. The maximum Gasteiger partial charge on any atom is 0.125 e. The largest absolute Gasteiger partial charge is 0.317 e. The Balaban J connectivity index is 0.000000148. The summed E-state index contributed by atoms with van der Waals surface area (Å²) in [6.45, 7) is 1.90. The quantitative estimate of drug-likeness (QED) is 0.850. The number of para-hydroxylation sites is 1. The van der Waals surface area contributed by atoms with Crippen LogP contribution in [-0.2, 0) is 0 Å². The second-order valence-electron chi connectivity index (χ2n) is 5.10. The predicted molar refractivity (Wildman–Crippen MR) is 80.2 cm³/mol. The fraction of sp³-hybridized carbons (Fsp3) is 0.500. The van der Waals surface area contributed by atoms with Crippen molar-refractivity contribution in [2.24, 2.45) is 0 Å². The third-order valence-electron chi connectivity index (χ3n) is 3.62. The zero-order chi connectivity index (χ0) is 13.5. The first-order chi connectivity index (χ1) is 9.29. The molecule has 1 N–H and O–H groups in total. The fourth-order valence-electron chi connectivity index (χ4n) is 2.46. The second kappa shape index (κ2) is 7.19. The molecule has 0 spiro atoms. The molecule has 0 amide bonds. The number of rotatable bonds is 1. The van der Waals surface area contributed by atoms with E-state index in [9.17, 15) is 0 Å². The zero-order valence-electron chi connectivity index (χ0n) is 11.9. The molecule has 0 radical (unpaired) electrons. The van der Waals surface area contributed by atoms with Crippen LogP contribution in [-0.4, -0.2) is 23.1 Å². The summed E-state index contributed by atoms with van der Waals surface area (Å²) in [7, 11) is 2.07. The summed E-state index contributed by atoms with van der Waals surface area (Å²) in [5.41, 5.74) is 1.01. The molecule has 0 saturated heterocycles. The van der Waals surface area contributed by atoms with Gasteiger partial charge in [-0.3, -0.25) is 0 Å². The van der Waals surface area contributed by atoms with Crippen LogP contribution < -0.4 is 5.32 Å². The zero-order valence-corrected chi connectivity index (χ0v) is 11.9. The van der Waals surface area contributed by atoms with Crippen molar-refractivity contribution < 1.29 is 0 Å². The van der Waals surface area contributed by atoms with Crippen molar-refractivity contribution in [2.45, 2.75) is 45.1 Å². The lowest BCUT2D eigenvalue weighted by molar-refractivity contribution is 0.394. The van der Waals surface area contributed by atoms with Gasteiger partial charge in [-0.05, 0) is 32.9 Å². The Morgan fingerprint density at radius 3 is 2.53 bits per heavy atom. The van der Waals surface area contributed by atoms with Gasteiger partial charge in [0.05, 0.1) is 5.52 Å². The molecule has 1 saturated carbocycles. The number of hydrogen-bond acceptors (Lipinski definition) is 3. The lowest BCUT2D eigenvalue weighted by atomic mass is 9.96. The molecular formula is C16H23N3. The summed E-state index contributed by atoms with van der Waals surface area (Å²) in [6, 6.07) is 8.80. The van der Waals surface area contributed by atoms with Gasteiger partial charge in [0, 0.05) is 17.6 Å². The third-order valence-corrected chi connectivity index (χ3v) is 3.62. The van der Waals surface area contributed by atoms with Crippen LogP contribution in [0.3, 0.4) is 0 Å². The molecule has 0 unspecified atom stereocenters. The minimum absolute atomic E-state index is 0.823. The molecule has 3 heteroatoms. The lowest BCUT2D eigenvalue weighted by Gasteiger charge is -2.20. The average Bonchev–Trinajstić information content (AvgIpc) is 2.48. The molecule has 102 valence electrons. The van der Waals surface area contributed by atoms with Gasteiger partial charge in [-0.15, -0.1) is 0 Å². The normalized spacial score (nSPS) is 15.9. The molecule has 1 fully saturated rings. The summed E-state index contributed by atoms with van der Waals surface area (Å²) >= 11 is 0. The van der Waals surface area contributed by atoms with Gasteiger partial charge in [-0.2, -0.15) is 0 Å². The summed E-state index contributed by atoms with van der Waals surface area (Å²) in [5.74, 6) is 0.823. The average molecular weight is 257 g/mol. The van der Waals surface area contributed by atoms with Crippen LogP contribution in [0.15, 0.2) is 30.5 Å². The van der Waals surface area contributed by atoms with E-state index in [1.165, 1.54) is 32.1 Å². The molecule has 3 rings (SSSR count). The molecule has 2 aromatic rings. The minimum Gasteiger partial charge on any atom is -0.317 e. The van der Waals surface area contributed by atoms with E-state index in [4.69, 9.17) is 0 Å². The van der Waals surface area contributed by atoms with Crippen LogP contribution in [0.2, 0.25) is 0 Å². The monoisotopic (exact) mass is 257 g/mol. The number of hydrogen-bond donors (Lipinski definition) is 1. The Labute approximate surface area is 115 Å². The van der Waals surface area contributed by atoms with Crippen molar-refractivity contribution in [2.75, 3.05) is 7.05 Å². The first-order valence-corrected chi connectivity index (χ1v) is 7.15. The molecule has 1 aromatic heterocycles. The highest BCUT2D eigenvalue weighted by molar-refractivity contribution is 5.77. The van der Waals surface area contributed by atoms with Gasteiger partial charge < -0.3 is 5.32 Å². The van der Waals surface area contributed by atoms with E-state index in [0.29, 0.717) is 0 Å². The topological polar surface area (TPSA) is 37.8 Å². The van der Waals surface area contributed by atoms with E-state index in [-0.39, 0.29) is 0 Å². The summed E-state index contributed by atoms with van der Waals surface area (Å²) < 4.78 is 0. The maximum absolute atomic E-state index is 4.26. The maximum atomic E-state index is 4.26. The van der Waals surface area contributed by atoms with E-state index in [1.807, 2.05) is 37.4 Å². The Bertz CT molecular complexity index is 504. The molecule has 1 aliphatic rings. The second-order valence-corrected chi connectivity index (χ2v) is 5.10. The van der Waals surface area contributed by atoms with Crippen molar-refractivity contribution >= 4 is 10.9 Å². The first-order valence-electron chi connectivity index (χ1n) is 7.15. The molecule has 0 atom stereocenters. The Morgan fingerprint density at radius 2 is 1.84 bits per heavy atom. The van der Waals surface area contributed by atoms with E-state index >= 15 is 0 Å². The Kier molecular flexibility index (Phi) is 5.28. The molecule has 1 aromatic carbocycles. The highest BCUT2D eigenvalue weighted by atomic mass is 14.9. The SMILES string of the molecule is CNC1CCCCC1.Cc1ncc2ccccc2n1. The van der Waals surface area contributed by atoms with Crippen LogP contribution in [0.5, 0.6) is 0 Å². The summed E-state index contributed by atoms with van der Waals surface area (Å²) in [4.78, 5) is 8.36. The highest BCUT2D eigenvalue weighted by Crippen LogP contribution is 2.16. The van der Waals surface area contributed by atoms with Gasteiger partial charge in [0.2, 0.25) is 0 Å². The van der Waals surface area contributed by atoms with Gasteiger partial charge in [-0.25, -0.2) is 9.97 Å². The number of benzene rings is 1. The standard InChI is InChI=1S/C9H8N2.C7H15N/c1-7-10-6-8-4-2-3-5-9(8)11-7;1-8-7-5-3-2-4-6-7/h2-6H,1H3;7-8H,2-6H2,1H3. The first kappa shape index (κ1) is 13.9. The van der Waals surface area contributed by atoms with Gasteiger partial charge in [-0.1, -0.05) is 37.5 Å². The number of aryl methyl sites for hydroxylation is 1. The van der Waals surface area contributed by atoms with E-state index in [0.717, 1.165) is 22.8 Å². The van der Waals surface area contributed by atoms with E-state index in [2.05, 4.69) is 22.3 Å². The highest BCUT2D eigenvalue weighted by Gasteiger charge is 2.09. The third kappa shape index (κ3) is 4.28. The molecule has 3 nitrogen and oxygen atoms in total. The van der Waals surface area contributed by atoms with Crippen molar-refractivity contribution in [3.8, 4) is 0 Å². The molecule has 1 aliphatic carbocycles. The van der Waals surface area contributed by atoms with Crippen LogP contribution >= 0.6 is 0 Å². The van der Waals surface area contributed by atoms with Crippen LogP contribution in [0.4, 0.5) is 0 Å². The van der Waals surface area contributed by atoms with Gasteiger partial charge >= 0.3 is 0 Å². The van der Waals surface area contributed by atoms with Gasteiger partial charge in [0.1, 0.15) is 5.82 Å². The molecular weight excluding hydrogens is 234 g/mol. The van der Waals surface area contributed by atoms with Gasteiger partial charge in [0.25, 0.3) is 0 Å². The van der Waals surface area contributed by atoms with Crippen molar-refractivity contribution in [1.29, 1.82) is 0 Å². The van der Waals surface area contributed by atoms with Gasteiger partial charge in [0.15, 0.2) is 0 Å². The fourth-order valence-corrected chi connectivity index (χ4v) is 2.46. The smallest absolute Gasteiger partial charge is 0.125 e.